The second-order valence-electron chi connectivity index (χ2n) is 5.89. The molecule has 0 saturated carbocycles. The number of fused-ring (bicyclic) bond motifs is 1. The third-order valence-corrected chi connectivity index (χ3v) is 4.36. The van der Waals surface area contributed by atoms with E-state index in [-0.39, 0.29) is 6.17 Å². The average molecular weight is 301 g/mol. The van der Waals surface area contributed by atoms with E-state index >= 15 is 0 Å². The topological polar surface area (TPSA) is 64.1 Å². The van der Waals surface area contributed by atoms with E-state index in [1.54, 1.807) is 4.68 Å². The summed E-state index contributed by atoms with van der Waals surface area (Å²) < 4.78 is 3.92. The van der Waals surface area contributed by atoms with Crippen molar-refractivity contribution in [2.24, 2.45) is 12.0 Å². The van der Waals surface area contributed by atoms with E-state index in [9.17, 15) is 0 Å². The van der Waals surface area contributed by atoms with Crippen LogP contribution in [-0.2, 0) is 20.1 Å². The summed E-state index contributed by atoms with van der Waals surface area (Å²) in [5, 5.41) is 9.13. The Morgan fingerprint density at radius 1 is 1.23 bits per heavy atom. The van der Waals surface area contributed by atoms with Crippen molar-refractivity contribution in [3.8, 4) is 11.5 Å². The van der Waals surface area contributed by atoms with Gasteiger partial charge in [0.2, 0.25) is 0 Å². The maximum atomic E-state index is 4.79. The molecule has 0 bridgehead atoms. The van der Waals surface area contributed by atoms with Crippen LogP contribution in [0.25, 0.3) is 11.5 Å². The van der Waals surface area contributed by atoms with Crippen LogP contribution >= 0.6 is 0 Å². The summed E-state index contributed by atoms with van der Waals surface area (Å²) in [5.74, 6) is 1.60. The van der Waals surface area contributed by atoms with Crippen molar-refractivity contribution in [2.75, 3.05) is 6.54 Å². The Hall–Kier alpha value is -2.02. The highest BCUT2D eigenvalue weighted by Crippen LogP contribution is 2.26. The van der Waals surface area contributed by atoms with Gasteiger partial charge in [-0.1, -0.05) is 0 Å². The third kappa shape index (κ3) is 2.45. The average Bonchev–Trinajstić information content (AvgIpc) is 2.88. The quantitative estimate of drug-likeness (QED) is 0.807. The molecule has 0 spiro atoms. The summed E-state index contributed by atoms with van der Waals surface area (Å²) in [6, 6.07) is 0. The molecule has 0 saturated heterocycles. The summed E-state index contributed by atoms with van der Waals surface area (Å²) in [6.45, 7) is 12.6. The molecule has 0 N–H and O–H groups in total. The summed E-state index contributed by atoms with van der Waals surface area (Å²) >= 11 is 0. The molecule has 118 valence electrons. The minimum atomic E-state index is 0.126. The minimum Gasteiger partial charge on any atom is -0.282 e. The SMILES string of the molecule is C=NC(C)N1CCCn2nc(-c3nc(C)nn3C)c(C)c2C1. The number of nitrogens with zero attached hydrogens (tertiary/aromatic N) is 7. The first-order valence-electron chi connectivity index (χ1n) is 7.65. The molecule has 1 aliphatic rings. The monoisotopic (exact) mass is 301 g/mol. The van der Waals surface area contributed by atoms with E-state index in [1.807, 2.05) is 14.0 Å². The van der Waals surface area contributed by atoms with Gasteiger partial charge in [-0.25, -0.2) is 9.67 Å². The zero-order valence-corrected chi connectivity index (χ0v) is 13.7. The van der Waals surface area contributed by atoms with E-state index in [4.69, 9.17) is 5.10 Å². The zero-order chi connectivity index (χ0) is 15.9. The molecular weight excluding hydrogens is 278 g/mol. The van der Waals surface area contributed by atoms with Gasteiger partial charge in [0.05, 0.1) is 11.9 Å². The molecule has 0 aromatic carbocycles. The number of rotatable bonds is 3. The maximum absolute atomic E-state index is 4.79. The first kappa shape index (κ1) is 14.9. The van der Waals surface area contributed by atoms with Crippen molar-refractivity contribution in [2.45, 2.75) is 46.4 Å². The van der Waals surface area contributed by atoms with Crippen LogP contribution in [0.3, 0.4) is 0 Å². The van der Waals surface area contributed by atoms with Gasteiger partial charge in [0.25, 0.3) is 0 Å². The highest BCUT2D eigenvalue weighted by Gasteiger charge is 2.25. The molecule has 7 nitrogen and oxygen atoms in total. The first-order chi connectivity index (χ1) is 10.5. The van der Waals surface area contributed by atoms with Crippen LogP contribution in [0, 0.1) is 13.8 Å². The summed E-state index contributed by atoms with van der Waals surface area (Å²) in [6.07, 6.45) is 1.19. The van der Waals surface area contributed by atoms with Crippen LogP contribution in [-0.4, -0.2) is 48.9 Å². The lowest BCUT2D eigenvalue weighted by Gasteiger charge is -2.23. The van der Waals surface area contributed by atoms with Gasteiger partial charge in [0.1, 0.15) is 11.5 Å². The smallest absolute Gasteiger partial charge is 0.178 e. The number of aryl methyl sites for hydroxylation is 3. The number of aromatic nitrogens is 5. The van der Waals surface area contributed by atoms with Crippen LogP contribution < -0.4 is 0 Å². The molecule has 0 radical (unpaired) electrons. The highest BCUT2D eigenvalue weighted by atomic mass is 15.4. The van der Waals surface area contributed by atoms with Crippen LogP contribution in [0.2, 0.25) is 0 Å². The van der Waals surface area contributed by atoms with E-state index in [1.165, 1.54) is 11.3 Å². The second-order valence-corrected chi connectivity index (χ2v) is 5.89. The predicted molar refractivity (Wildman–Crippen MR) is 85.7 cm³/mol. The first-order valence-corrected chi connectivity index (χ1v) is 7.65. The molecule has 1 unspecified atom stereocenters. The van der Waals surface area contributed by atoms with Gasteiger partial charge in [-0.15, -0.1) is 0 Å². The fraction of sp³-hybridized carbons (Fsp3) is 0.600. The van der Waals surface area contributed by atoms with E-state index in [0.717, 1.165) is 43.4 Å². The van der Waals surface area contributed by atoms with Gasteiger partial charge in [-0.3, -0.25) is 14.6 Å². The summed E-state index contributed by atoms with van der Waals surface area (Å²) in [7, 11) is 1.91. The Kier molecular flexibility index (Phi) is 3.82. The summed E-state index contributed by atoms with van der Waals surface area (Å²) in [4.78, 5) is 11.0. The number of hydrogen-bond acceptors (Lipinski definition) is 5. The van der Waals surface area contributed by atoms with Crippen LogP contribution in [0.15, 0.2) is 4.99 Å². The molecule has 3 rings (SSSR count). The molecule has 22 heavy (non-hydrogen) atoms. The Morgan fingerprint density at radius 3 is 2.64 bits per heavy atom. The molecule has 7 heteroatoms. The van der Waals surface area contributed by atoms with Gasteiger partial charge in [-0.2, -0.15) is 10.2 Å². The normalized spacial score (nSPS) is 17.1. The fourth-order valence-corrected chi connectivity index (χ4v) is 3.03. The molecule has 2 aromatic heterocycles. The highest BCUT2D eigenvalue weighted by molar-refractivity contribution is 5.56. The van der Waals surface area contributed by atoms with Crippen LogP contribution in [0.1, 0.15) is 30.4 Å². The predicted octanol–water partition coefficient (Wildman–Crippen LogP) is 1.55. The minimum absolute atomic E-state index is 0.126. The van der Waals surface area contributed by atoms with Gasteiger partial charge in [0, 0.05) is 32.2 Å². The number of aliphatic imine (C=N–C) groups is 1. The van der Waals surface area contributed by atoms with Crippen molar-refractivity contribution in [3.05, 3.63) is 17.1 Å². The van der Waals surface area contributed by atoms with Crippen molar-refractivity contribution in [1.29, 1.82) is 0 Å². The third-order valence-electron chi connectivity index (χ3n) is 4.36. The van der Waals surface area contributed by atoms with E-state index in [2.05, 4.69) is 45.2 Å². The lowest BCUT2D eigenvalue weighted by Crippen LogP contribution is -2.31. The van der Waals surface area contributed by atoms with E-state index in [0.29, 0.717) is 0 Å². The zero-order valence-electron chi connectivity index (χ0n) is 13.7. The molecular formula is C15H23N7. The standard InChI is InChI=1S/C15H23N7/c1-10-13-9-21(12(3)16-4)7-6-8-22(13)19-14(10)15-17-11(2)18-20(15)5/h12H,4,6-9H2,1-3,5H3. The van der Waals surface area contributed by atoms with Gasteiger partial charge in [-0.05, 0) is 33.9 Å². The van der Waals surface area contributed by atoms with Gasteiger partial charge < -0.3 is 0 Å². The second kappa shape index (κ2) is 5.64. The molecule has 3 heterocycles. The maximum Gasteiger partial charge on any atom is 0.178 e. The number of hydrogen-bond donors (Lipinski definition) is 0. The Labute approximate surface area is 130 Å². The Morgan fingerprint density at radius 2 is 2.00 bits per heavy atom. The van der Waals surface area contributed by atoms with Gasteiger partial charge >= 0.3 is 0 Å². The van der Waals surface area contributed by atoms with Crippen molar-refractivity contribution in [3.63, 3.8) is 0 Å². The van der Waals surface area contributed by atoms with Crippen LogP contribution in [0.5, 0.6) is 0 Å². The lowest BCUT2D eigenvalue weighted by atomic mass is 10.2. The van der Waals surface area contributed by atoms with Crippen molar-refractivity contribution in [1.82, 2.24) is 29.4 Å². The van der Waals surface area contributed by atoms with Crippen molar-refractivity contribution >= 4 is 6.72 Å². The fourth-order valence-electron chi connectivity index (χ4n) is 3.03. The lowest BCUT2D eigenvalue weighted by molar-refractivity contribution is 0.209. The molecule has 0 aliphatic carbocycles. The summed E-state index contributed by atoms with van der Waals surface area (Å²) in [5.41, 5.74) is 3.35. The molecule has 1 atom stereocenters. The molecule has 0 amide bonds. The molecule has 1 aliphatic heterocycles. The van der Waals surface area contributed by atoms with Crippen molar-refractivity contribution < 1.29 is 0 Å². The largest absolute Gasteiger partial charge is 0.282 e. The molecule has 2 aromatic rings. The Balaban J connectivity index is 2.01. The van der Waals surface area contributed by atoms with Gasteiger partial charge in [0.15, 0.2) is 5.82 Å². The Bertz CT molecular complexity index is 697. The van der Waals surface area contributed by atoms with Crippen LogP contribution in [0.4, 0.5) is 0 Å². The molecule has 0 fully saturated rings. The van der Waals surface area contributed by atoms with E-state index < -0.39 is 0 Å².